The lowest BCUT2D eigenvalue weighted by Crippen LogP contribution is -2.30. The minimum Gasteiger partial charge on any atom is -0.491 e. The molecule has 0 fully saturated rings. The van der Waals surface area contributed by atoms with Crippen LogP contribution in [0, 0.1) is 0 Å². The Bertz CT molecular complexity index is 341. The van der Waals surface area contributed by atoms with E-state index in [9.17, 15) is 0 Å². The molecule has 0 aliphatic heterocycles. The molecule has 1 aromatic carbocycles. The van der Waals surface area contributed by atoms with Gasteiger partial charge in [-0.1, -0.05) is 25.5 Å². The van der Waals surface area contributed by atoms with Gasteiger partial charge in [0.25, 0.3) is 0 Å². The van der Waals surface area contributed by atoms with Gasteiger partial charge in [-0.05, 0) is 38.9 Å². The molecule has 102 valence electrons. The number of nitrogens with two attached hydrogens (primary N) is 1. The number of benzene rings is 1. The Kier molecular flexibility index (Phi) is 6.58. The van der Waals surface area contributed by atoms with Crippen LogP contribution in [0.3, 0.4) is 0 Å². The third-order valence-corrected chi connectivity index (χ3v) is 3.29. The molecule has 3 heteroatoms. The Balaban J connectivity index is 2.21. The van der Waals surface area contributed by atoms with E-state index >= 15 is 0 Å². The van der Waals surface area contributed by atoms with Crippen LogP contribution in [0.5, 0.6) is 5.75 Å². The Morgan fingerprint density at radius 3 is 2.72 bits per heavy atom. The van der Waals surface area contributed by atoms with Crippen molar-refractivity contribution in [2.24, 2.45) is 0 Å². The summed E-state index contributed by atoms with van der Waals surface area (Å²) in [5.41, 5.74) is 6.53. The van der Waals surface area contributed by atoms with Crippen molar-refractivity contribution in [3.63, 3.8) is 0 Å². The van der Waals surface area contributed by atoms with Crippen LogP contribution in [0.1, 0.15) is 33.1 Å². The summed E-state index contributed by atoms with van der Waals surface area (Å²) >= 11 is 0. The molecule has 18 heavy (non-hydrogen) atoms. The van der Waals surface area contributed by atoms with Crippen LogP contribution < -0.4 is 10.5 Å². The summed E-state index contributed by atoms with van der Waals surface area (Å²) in [6, 6.07) is 8.30. The van der Waals surface area contributed by atoms with Crippen LogP contribution in [0.4, 0.5) is 5.69 Å². The molecule has 1 unspecified atom stereocenters. The van der Waals surface area contributed by atoms with Crippen molar-refractivity contribution in [3.05, 3.63) is 24.3 Å². The second-order valence-corrected chi connectivity index (χ2v) is 4.86. The van der Waals surface area contributed by atoms with E-state index in [0.717, 1.165) is 25.3 Å². The smallest absolute Gasteiger partial charge is 0.142 e. The van der Waals surface area contributed by atoms with E-state index in [-0.39, 0.29) is 0 Å². The maximum Gasteiger partial charge on any atom is 0.142 e. The first-order valence-electron chi connectivity index (χ1n) is 6.82. The predicted octanol–water partition coefficient (Wildman–Crippen LogP) is 3.16. The molecule has 1 rings (SSSR count). The monoisotopic (exact) mass is 250 g/mol. The van der Waals surface area contributed by atoms with Gasteiger partial charge in [0.15, 0.2) is 0 Å². The molecule has 0 saturated carbocycles. The molecule has 1 atom stereocenters. The highest BCUT2D eigenvalue weighted by atomic mass is 16.5. The molecule has 3 nitrogen and oxygen atoms in total. The van der Waals surface area contributed by atoms with Gasteiger partial charge in [0.05, 0.1) is 12.3 Å². The minimum absolute atomic E-state index is 0.650. The Morgan fingerprint density at radius 2 is 2.06 bits per heavy atom. The summed E-state index contributed by atoms with van der Waals surface area (Å²) < 4.78 is 5.68. The molecule has 0 heterocycles. The Labute approximate surface area is 111 Å². The standard InChI is InChI=1S/C15H26N2O/c1-4-8-13(2)17(3)11-7-12-18-15-10-6-5-9-14(15)16/h5-6,9-10,13H,4,7-8,11-12,16H2,1-3H3. The van der Waals surface area contributed by atoms with E-state index < -0.39 is 0 Å². The van der Waals surface area contributed by atoms with Crippen molar-refractivity contribution in [1.82, 2.24) is 4.90 Å². The number of para-hydroxylation sites is 2. The molecule has 0 aliphatic carbocycles. The molecular weight excluding hydrogens is 224 g/mol. The Hall–Kier alpha value is -1.22. The predicted molar refractivity (Wildman–Crippen MR) is 78.0 cm³/mol. The van der Waals surface area contributed by atoms with Crippen LogP contribution in [-0.2, 0) is 0 Å². The fourth-order valence-electron chi connectivity index (χ4n) is 1.97. The van der Waals surface area contributed by atoms with Gasteiger partial charge in [0.1, 0.15) is 5.75 Å². The number of nitrogen functional groups attached to an aromatic ring is 1. The number of anilines is 1. The van der Waals surface area contributed by atoms with E-state index in [1.807, 2.05) is 24.3 Å². The van der Waals surface area contributed by atoms with Gasteiger partial charge < -0.3 is 15.4 Å². The summed E-state index contributed by atoms with van der Waals surface area (Å²) in [6.07, 6.45) is 3.52. The minimum atomic E-state index is 0.650. The van der Waals surface area contributed by atoms with E-state index in [2.05, 4.69) is 25.8 Å². The molecule has 0 aromatic heterocycles. The van der Waals surface area contributed by atoms with Gasteiger partial charge in [0.2, 0.25) is 0 Å². The average Bonchev–Trinajstić information content (AvgIpc) is 2.36. The van der Waals surface area contributed by atoms with Gasteiger partial charge in [0, 0.05) is 12.6 Å². The SMILES string of the molecule is CCCC(C)N(C)CCCOc1ccccc1N. The first-order valence-corrected chi connectivity index (χ1v) is 6.82. The lowest BCUT2D eigenvalue weighted by atomic mass is 10.2. The maximum absolute atomic E-state index is 5.81. The third kappa shape index (κ3) is 4.96. The average molecular weight is 250 g/mol. The van der Waals surface area contributed by atoms with Crippen LogP contribution >= 0.6 is 0 Å². The van der Waals surface area contributed by atoms with Crippen LogP contribution in [0.15, 0.2) is 24.3 Å². The summed E-state index contributed by atoms with van der Waals surface area (Å²) in [5.74, 6) is 0.793. The molecule has 0 saturated heterocycles. The molecule has 0 aliphatic rings. The zero-order valence-electron chi connectivity index (χ0n) is 11.9. The number of rotatable bonds is 8. The highest BCUT2D eigenvalue weighted by molar-refractivity contribution is 5.51. The molecule has 0 bridgehead atoms. The van der Waals surface area contributed by atoms with Crippen LogP contribution in [0.25, 0.3) is 0 Å². The maximum atomic E-state index is 5.81. The number of ether oxygens (including phenoxy) is 1. The number of hydrogen-bond donors (Lipinski definition) is 1. The summed E-state index contributed by atoms with van der Waals surface area (Å²) in [4.78, 5) is 2.39. The van der Waals surface area contributed by atoms with Crippen molar-refractivity contribution >= 4 is 5.69 Å². The number of nitrogens with zero attached hydrogens (tertiary/aromatic N) is 1. The van der Waals surface area contributed by atoms with Gasteiger partial charge in [-0.15, -0.1) is 0 Å². The van der Waals surface area contributed by atoms with Crippen molar-refractivity contribution in [2.75, 3.05) is 25.9 Å². The molecule has 0 spiro atoms. The van der Waals surface area contributed by atoms with Gasteiger partial charge in [-0.2, -0.15) is 0 Å². The van der Waals surface area contributed by atoms with Gasteiger partial charge in [-0.3, -0.25) is 0 Å². The molecular formula is C15H26N2O. The van der Waals surface area contributed by atoms with Crippen LogP contribution in [-0.4, -0.2) is 31.1 Å². The fraction of sp³-hybridized carbons (Fsp3) is 0.600. The Morgan fingerprint density at radius 1 is 1.33 bits per heavy atom. The second kappa shape index (κ2) is 7.98. The first-order chi connectivity index (χ1) is 8.65. The van der Waals surface area contributed by atoms with E-state index in [0.29, 0.717) is 11.7 Å². The first kappa shape index (κ1) is 14.8. The largest absolute Gasteiger partial charge is 0.491 e. The highest BCUT2D eigenvalue weighted by Gasteiger charge is 2.07. The van der Waals surface area contributed by atoms with Gasteiger partial charge in [-0.25, -0.2) is 0 Å². The summed E-state index contributed by atoms with van der Waals surface area (Å²) in [6.45, 7) is 6.29. The fourth-order valence-corrected chi connectivity index (χ4v) is 1.97. The molecule has 1 aromatic rings. The molecule has 0 amide bonds. The zero-order chi connectivity index (χ0) is 13.4. The second-order valence-electron chi connectivity index (χ2n) is 4.86. The molecule has 0 radical (unpaired) electrons. The van der Waals surface area contributed by atoms with E-state index in [4.69, 9.17) is 10.5 Å². The zero-order valence-corrected chi connectivity index (χ0v) is 11.9. The third-order valence-electron chi connectivity index (χ3n) is 3.29. The summed E-state index contributed by atoms with van der Waals surface area (Å²) in [7, 11) is 2.18. The van der Waals surface area contributed by atoms with Crippen LogP contribution in [0.2, 0.25) is 0 Å². The number of hydrogen-bond acceptors (Lipinski definition) is 3. The topological polar surface area (TPSA) is 38.5 Å². The van der Waals surface area contributed by atoms with Crippen molar-refractivity contribution in [1.29, 1.82) is 0 Å². The lowest BCUT2D eigenvalue weighted by molar-refractivity contribution is 0.216. The summed E-state index contributed by atoms with van der Waals surface area (Å²) in [5, 5.41) is 0. The normalized spacial score (nSPS) is 12.7. The van der Waals surface area contributed by atoms with E-state index in [1.54, 1.807) is 0 Å². The quantitative estimate of drug-likeness (QED) is 0.569. The molecule has 2 N–H and O–H groups in total. The van der Waals surface area contributed by atoms with Crippen molar-refractivity contribution < 1.29 is 4.74 Å². The van der Waals surface area contributed by atoms with Crippen molar-refractivity contribution in [2.45, 2.75) is 39.2 Å². The van der Waals surface area contributed by atoms with Gasteiger partial charge >= 0.3 is 0 Å². The van der Waals surface area contributed by atoms with E-state index in [1.165, 1.54) is 12.8 Å². The highest BCUT2D eigenvalue weighted by Crippen LogP contribution is 2.19. The van der Waals surface area contributed by atoms with Crippen molar-refractivity contribution in [3.8, 4) is 5.75 Å². The lowest BCUT2D eigenvalue weighted by Gasteiger charge is -2.24.